The minimum atomic E-state index is -0.126. The highest BCUT2D eigenvalue weighted by molar-refractivity contribution is 9.10. The van der Waals surface area contributed by atoms with Gasteiger partial charge in [-0.2, -0.15) is 11.8 Å². The molecular formula is C12H15BrFNS. The fourth-order valence-electron chi connectivity index (χ4n) is 2.22. The van der Waals surface area contributed by atoms with Crippen molar-refractivity contribution in [2.45, 2.75) is 12.5 Å². The van der Waals surface area contributed by atoms with Crippen LogP contribution in [-0.2, 0) is 0 Å². The van der Waals surface area contributed by atoms with Crippen molar-refractivity contribution in [3.05, 3.63) is 34.1 Å². The summed E-state index contributed by atoms with van der Waals surface area (Å²) in [6.45, 7) is 0. The topological polar surface area (TPSA) is 12.0 Å². The average molecular weight is 304 g/mol. The van der Waals surface area contributed by atoms with Crippen LogP contribution in [0.4, 0.5) is 4.39 Å². The molecule has 1 nitrogen and oxygen atoms in total. The Balaban J connectivity index is 2.28. The second-order valence-corrected chi connectivity index (χ2v) is 6.04. The zero-order valence-corrected chi connectivity index (χ0v) is 11.6. The third kappa shape index (κ3) is 2.44. The smallest absolute Gasteiger partial charge is 0.142 e. The highest BCUT2D eigenvalue weighted by Crippen LogP contribution is 2.36. The molecule has 2 atom stereocenters. The van der Waals surface area contributed by atoms with Gasteiger partial charge >= 0.3 is 0 Å². The summed E-state index contributed by atoms with van der Waals surface area (Å²) < 4.78 is 14.6. The van der Waals surface area contributed by atoms with Crippen molar-refractivity contribution in [1.29, 1.82) is 0 Å². The van der Waals surface area contributed by atoms with Gasteiger partial charge in [-0.25, -0.2) is 4.39 Å². The van der Waals surface area contributed by atoms with Crippen LogP contribution in [0.1, 0.15) is 18.0 Å². The van der Waals surface area contributed by atoms with E-state index >= 15 is 0 Å². The molecule has 88 valence electrons. The fourth-order valence-corrected chi connectivity index (χ4v) is 3.90. The van der Waals surface area contributed by atoms with Crippen molar-refractivity contribution < 1.29 is 4.39 Å². The number of rotatable bonds is 3. The zero-order valence-electron chi connectivity index (χ0n) is 9.17. The molecule has 1 aliphatic heterocycles. The van der Waals surface area contributed by atoms with Crippen LogP contribution >= 0.6 is 27.7 Å². The number of thioether (sulfide) groups is 1. The molecule has 0 amide bonds. The summed E-state index contributed by atoms with van der Waals surface area (Å²) in [5.74, 6) is 2.73. The minimum Gasteiger partial charge on any atom is -0.313 e. The van der Waals surface area contributed by atoms with Gasteiger partial charge in [-0.05, 0) is 52.9 Å². The first-order valence-electron chi connectivity index (χ1n) is 5.43. The van der Waals surface area contributed by atoms with Crippen LogP contribution in [-0.4, -0.2) is 18.6 Å². The fraction of sp³-hybridized carbons (Fsp3) is 0.500. The van der Waals surface area contributed by atoms with Gasteiger partial charge in [-0.15, -0.1) is 0 Å². The lowest BCUT2D eigenvalue weighted by molar-refractivity contribution is 0.404. The highest BCUT2D eigenvalue weighted by atomic mass is 79.9. The second kappa shape index (κ2) is 5.52. The van der Waals surface area contributed by atoms with E-state index in [0.717, 1.165) is 11.3 Å². The van der Waals surface area contributed by atoms with Crippen molar-refractivity contribution in [1.82, 2.24) is 5.32 Å². The minimum absolute atomic E-state index is 0.126. The SMILES string of the molecule is CNC(c1cccc(Br)c1F)C1CCSC1. The molecule has 1 aliphatic rings. The van der Waals surface area contributed by atoms with E-state index in [4.69, 9.17) is 0 Å². The molecular weight excluding hydrogens is 289 g/mol. The molecule has 0 bridgehead atoms. The first-order valence-corrected chi connectivity index (χ1v) is 7.37. The Morgan fingerprint density at radius 1 is 1.56 bits per heavy atom. The van der Waals surface area contributed by atoms with E-state index in [1.54, 1.807) is 6.07 Å². The number of halogens is 2. The highest BCUT2D eigenvalue weighted by Gasteiger charge is 2.27. The van der Waals surface area contributed by atoms with Gasteiger partial charge in [0.1, 0.15) is 5.82 Å². The van der Waals surface area contributed by atoms with Crippen LogP contribution in [0.3, 0.4) is 0 Å². The largest absolute Gasteiger partial charge is 0.313 e. The molecule has 1 fully saturated rings. The van der Waals surface area contributed by atoms with Crippen molar-refractivity contribution in [3.63, 3.8) is 0 Å². The Bertz CT molecular complexity index is 366. The molecule has 2 unspecified atom stereocenters. The monoisotopic (exact) mass is 303 g/mol. The Morgan fingerprint density at radius 3 is 3.00 bits per heavy atom. The first-order chi connectivity index (χ1) is 7.74. The Labute approximate surface area is 108 Å². The average Bonchev–Trinajstić information content (AvgIpc) is 2.79. The van der Waals surface area contributed by atoms with Crippen molar-refractivity contribution in [2.24, 2.45) is 5.92 Å². The zero-order chi connectivity index (χ0) is 11.5. The van der Waals surface area contributed by atoms with Gasteiger partial charge in [0.25, 0.3) is 0 Å². The molecule has 2 rings (SSSR count). The number of hydrogen-bond acceptors (Lipinski definition) is 2. The molecule has 1 aromatic carbocycles. The third-order valence-electron chi connectivity index (χ3n) is 3.06. The predicted molar refractivity (Wildman–Crippen MR) is 71.3 cm³/mol. The Kier molecular flexibility index (Phi) is 4.27. The lowest BCUT2D eigenvalue weighted by atomic mass is 9.92. The van der Waals surface area contributed by atoms with Gasteiger partial charge in [-0.1, -0.05) is 12.1 Å². The number of benzene rings is 1. The van der Waals surface area contributed by atoms with Gasteiger partial charge in [0.15, 0.2) is 0 Å². The normalized spacial score (nSPS) is 22.3. The van der Waals surface area contributed by atoms with E-state index in [1.807, 2.05) is 30.9 Å². The Hall–Kier alpha value is -0.0600. The van der Waals surface area contributed by atoms with Gasteiger partial charge in [0.2, 0.25) is 0 Å². The van der Waals surface area contributed by atoms with Crippen LogP contribution in [0.2, 0.25) is 0 Å². The summed E-state index contributed by atoms with van der Waals surface area (Å²) in [6.07, 6.45) is 1.17. The standard InChI is InChI=1S/C12H15BrFNS/c1-15-12(8-5-6-16-7-8)9-3-2-4-10(13)11(9)14/h2-4,8,12,15H,5-7H2,1H3. The molecule has 0 spiro atoms. The summed E-state index contributed by atoms with van der Waals surface area (Å²) in [7, 11) is 1.91. The molecule has 0 saturated carbocycles. The Morgan fingerprint density at radius 2 is 2.38 bits per heavy atom. The third-order valence-corrected chi connectivity index (χ3v) is 4.86. The van der Waals surface area contributed by atoms with Gasteiger partial charge < -0.3 is 5.32 Å². The maximum atomic E-state index is 14.0. The van der Waals surface area contributed by atoms with E-state index in [2.05, 4.69) is 21.2 Å². The summed E-state index contributed by atoms with van der Waals surface area (Å²) in [6, 6.07) is 5.65. The molecule has 1 aromatic rings. The lowest BCUT2D eigenvalue weighted by Gasteiger charge is -2.23. The van der Waals surface area contributed by atoms with Gasteiger partial charge in [0, 0.05) is 11.6 Å². The summed E-state index contributed by atoms with van der Waals surface area (Å²) in [4.78, 5) is 0. The van der Waals surface area contributed by atoms with Crippen LogP contribution in [0.25, 0.3) is 0 Å². The molecule has 1 saturated heterocycles. The van der Waals surface area contributed by atoms with Crippen LogP contribution in [0, 0.1) is 11.7 Å². The van der Waals surface area contributed by atoms with E-state index in [-0.39, 0.29) is 11.9 Å². The molecule has 1 N–H and O–H groups in total. The van der Waals surface area contributed by atoms with Gasteiger partial charge in [-0.3, -0.25) is 0 Å². The number of nitrogens with one attached hydrogen (secondary N) is 1. The predicted octanol–water partition coefficient (Wildman–Crippen LogP) is 3.60. The maximum Gasteiger partial charge on any atom is 0.142 e. The van der Waals surface area contributed by atoms with Crippen LogP contribution in [0.5, 0.6) is 0 Å². The molecule has 1 heterocycles. The molecule has 0 aromatic heterocycles. The molecule has 0 aliphatic carbocycles. The van der Waals surface area contributed by atoms with Gasteiger partial charge in [0.05, 0.1) is 4.47 Å². The van der Waals surface area contributed by atoms with Crippen LogP contribution in [0.15, 0.2) is 22.7 Å². The molecule has 4 heteroatoms. The van der Waals surface area contributed by atoms with Crippen molar-refractivity contribution in [2.75, 3.05) is 18.6 Å². The molecule has 0 radical (unpaired) electrons. The quantitative estimate of drug-likeness (QED) is 0.915. The van der Waals surface area contributed by atoms with E-state index in [0.29, 0.717) is 10.4 Å². The summed E-state index contributed by atoms with van der Waals surface area (Å²) >= 11 is 5.20. The summed E-state index contributed by atoms with van der Waals surface area (Å²) in [5.41, 5.74) is 0.782. The summed E-state index contributed by atoms with van der Waals surface area (Å²) in [5, 5.41) is 3.25. The number of hydrogen-bond donors (Lipinski definition) is 1. The van der Waals surface area contributed by atoms with Crippen molar-refractivity contribution in [3.8, 4) is 0 Å². The molecule has 16 heavy (non-hydrogen) atoms. The van der Waals surface area contributed by atoms with E-state index in [9.17, 15) is 4.39 Å². The second-order valence-electron chi connectivity index (χ2n) is 4.03. The maximum absolute atomic E-state index is 14.0. The van der Waals surface area contributed by atoms with Crippen LogP contribution < -0.4 is 5.32 Å². The van der Waals surface area contributed by atoms with Crippen molar-refractivity contribution >= 4 is 27.7 Å². The van der Waals surface area contributed by atoms with E-state index < -0.39 is 0 Å². The first kappa shape index (κ1) is 12.4. The lowest BCUT2D eigenvalue weighted by Crippen LogP contribution is -2.26. The van der Waals surface area contributed by atoms with E-state index in [1.165, 1.54) is 12.2 Å².